The maximum Gasteiger partial charge on any atom is 0.277 e. The van der Waals surface area contributed by atoms with Gasteiger partial charge in [-0.2, -0.15) is 5.10 Å². The Bertz CT molecular complexity index is 1110. The van der Waals surface area contributed by atoms with Crippen molar-refractivity contribution in [2.45, 2.75) is 0 Å². The first-order valence-corrected chi connectivity index (χ1v) is 8.96. The number of aromatic nitrogens is 1. The van der Waals surface area contributed by atoms with Gasteiger partial charge in [-0.1, -0.05) is 54.6 Å². The Labute approximate surface area is 162 Å². The highest BCUT2D eigenvalue weighted by atomic mass is 16.5. The number of rotatable bonds is 6. The van der Waals surface area contributed by atoms with E-state index in [-0.39, 0.29) is 12.5 Å². The third kappa shape index (κ3) is 3.94. The van der Waals surface area contributed by atoms with E-state index in [0.717, 1.165) is 22.2 Å². The Morgan fingerprint density at radius 1 is 0.929 bits per heavy atom. The van der Waals surface area contributed by atoms with Crippen LogP contribution in [0.4, 0.5) is 0 Å². The van der Waals surface area contributed by atoms with Gasteiger partial charge >= 0.3 is 0 Å². The number of hydrazone groups is 1. The minimum atomic E-state index is -0.318. The van der Waals surface area contributed by atoms with Crippen LogP contribution in [0.1, 0.15) is 5.69 Å². The number of carbonyl (C=O) groups excluding carboxylic acids is 1. The lowest BCUT2D eigenvalue weighted by Gasteiger charge is -2.08. The van der Waals surface area contributed by atoms with Gasteiger partial charge < -0.3 is 9.30 Å². The number of ether oxygens (including phenoxy) is 1. The molecule has 1 N–H and O–H groups in total. The molecule has 0 spiro atoms. The third-order valence-electron chi connectivity index (χ3n) is 4.31. The highest BCUT2D eigenvalue weighted by Gasteiger charge is 2.05. The predicted octanol–water partition coefficient (Wildman–Crippen LogP) is 4.16. The van der Waals surface area contributed by atoms with Crippen LogP contribution in [0.5, 0.6) is 5.75 Å². The summed E-state index contributed by atoms with van der Waals surface area (Å²) >= 11 is 0. The molecule has 4 aromatic rings. The highest BCUT2D eigenvalue weighted by Crippen LogP contribution is 2.24. The zero-order valence-corrected chi connectivity index (χ0v) is 15.2. The Morgan fingerprint density at radius 3 is 2.61 bits per heavy atom. The summed E-state index contributed by atoms with van der Waals surface area (Å²) in [6.07, 6.45) is 3.56. The van der Waals surface area contributed by atoms with Crippen LogP contribution in [-0.2, 0) is 4.79 Å². The van der Waals surface area contributed by atoms with Crippen molar-refractivity contribution >= 4 is 22.9 Å². The minimum Gasteiger partial charge on any atom is -0.483 e. The molecule has 0 aliphatic heterocycles. The van der Waals surface area contributed by atoms with Crippen LogP contribution in [0, 0.1) is 0 Å². The smallest absolute Gasteiger partial charge is 0.277 e. The van der Waals surface area contributed by atoms with Crippen molar-refractivity contribution in [1.29, 1.82) is 0 Å². The summed E-state index contributed by atoms with van der Waals surface area (Å²) in [6, 6.07) is 27.5. The van der Waals surface area contributed by atoms with Crippen molar-refractivity contribution in [3.8, 4) is 11.4 Å². The molecule has 138 valence electrons. The Balaban J connectivity index is 1.37. The normalized spacial score (nSPS) is 11.0. The molecular weight excluding hydrogens is 350 g/mol. The fraction of sp³-hybridized carbons (Fsp3) is 0.0435. The van der Waals surface area contributed by atoms with Crippen LogP contribution < -0.4 is 10.2 Å². The van der Waals surface area contributed by atoms with Crippen LogP contribution in [0.25, 0.3) is 16.5 Å². The second-order valence-corrected chi connectivity index (χ2v) is 6.20. The fourth-order valence-corrected chi connectivity index (χ4v) is 2.99. The second-order valence-electron chi connectivity index (χ2n) is 6.20. The van der Waals surface area contributed by atoms with Crippen molar-refractivity contribution in [1.82, 2.24) is 9.99 Å². The van der Waals surface area contributed by atoms with Gasteiger partial charge in [-0.05, 0) is 35.7 Å². The van der Waals surface area contributed by atoms with E-state index in [2.05, 4.69) is 10.5 Å². The van der Waals surface area contributed by atoms with Crippen LogP contribution in [0.2, 0.25) is 0 Å². The standard InChI is InChI=1S/C23H19N3O2/c27-23(17-28-22-14-6-9-18-8-4-5-13-21(18)22)25-24-16-20-12-7-15-26(20)19-10-2-1-3-11-19/h1-16H,17H2,(H,25,27)/b24-16-. The Morgan fingerprint density at radius 2 is 1.71 bits per heavy atom. The third-order valence-corrected chi connectivity index (χ3v) is 4.31. The van der Waals surface area contributed by atoms with Gasteiger partial charge in [-0.25, -0.2) is 5.43 Å². The van der Waals surface area contributed by atoms with Crippen LogP contribution in [0.3, 0.4) is 0 Å². The van der Waals surface area contributed by atoms with Gasteiger partial charge in [0.2, 0.25) is 0 Å². The zero-order valence-electron chi connectivity index (χ0n) is 15.2. The van der Waals surface area contributed by atoms with Gasteiger partial charge in [0.15, 0.2) is 6.61 Å². The molecule has 5 heteroatoms. The van der Waals surface area contributed by atoms with Gasteiger partial charge in [-0.15, -0.1) is 0 Å². The molecule has 0 radical (unpaired) electrons. The van der Waals surface area contributed by atoms with E-state index in [1.54, 1.807) is 6.21 Å². The number of nitrogens with one attached hydrogen (secondary N) is 1. The van der Waals surface area contributed by atoms with Gasteiger partial charge in [0.25, 0.3) is 5.91 Å². The lowest BCUT2D eigenvalue weighted by atomic mass is 10.1. The molecule has 0 saturated carbocycles. The average molecular weight is 369 g/mol. The zero-order chi connectivity index (χ0) is 19.2. The number of para-hydroxylation sites is 1. The summed E-state index contributed by atoms with van der Waals surface area (Å²) < 4.78 is 7.66. The quantitative estimate of drug-likeness (QED) is 0.410. The molecule has 0 aliphatic carbocycles. The summed E-state index contributed by atoms with van der Waals surface area (Å²) in [5.41, 5.74) is 4.40. The maximum absolute atomic E-state index is 12.1. The van der Waals surface area contributed by atoms with E-state index in [1.807, 2.05) is 95.7 Å². The molecule has 0 fully saturated rings. The maximum atomic E-state index is 12.1. The fourth-order valence-electron chi connectivity index (χ4n) is 2.99. The summed E-state index contributed by atoms with van der Waals surface area (Å²) in [6.45, 7) is -0.106. The molecule has 1 aromatic heterocycles. The highest BCUT2D eigenvalue weighted by molar-refractivity contribution is 5.89. The van der Waals surface area contributed by atoms with Crippen molar-refractivity contribution in [3.63, 3.8) is 0 Å². The average Bonchev–Trinajstić information content (AvgIpc) is 3.21. The molecule has 0 aliphatic rings. The van der Waals surface area contributed by atoms with E-state index in [1.165, 1.54) is 0 Å². The number of nitrogens with zero attached hydrogens (tertiary/aromatic N) is 2. The van der Waals surface area contributed by atoms with E-state index in [4.69, 9.17) is 4.74 Å². The number of hydrogen-bond donors (Lipinski definition) is 1. The summed E-state index contributed by atoms with van der Waals surface area (Å²) in [5, 5.41) is 6.09. The molecule has 5 nitrogen and oxygen atoms in total. The lowest BCUT2D eigenvalue weighted by molar-refractivity contribution is -0.123. The minimum absolute atomic E-state index is 0.106. The molecule has 1 heterocycles. The molecule has 0 saturated heterocycles. The second kappa shape index (κ2) is 8.22. The van der Waals surface area contributed by atoms with E-state index in [0.29, 0.717) is 5.75 Å². The number of amides is 1. The SMILES string of the molecule is O=C(COc1cccc2ccccc12)N/N=C\c1cccn1-c1ccccc1. The van der Waals surface area contributed by atoms with Crippen molar-refractivity contribution in [3.05, 3.63) is 96.8 Å². The Hall–Kier alpha value is -3.86. The largest absolute Gasteiger partial charge is 0.483 e. The number of benzene rings is 3. The molecular formula is C23H19N3O2. The molecule has 1 amide bonds. The van der Waals surface area contributed by atoms with Crippen LogP contribution in [0.15, 0.2) is 96.2 Å². The van der Waals surface area contributed by atoms with Gasteiger partial charge in [0, 0.05) is 17.3 Å². The molecule has 4 rings (SSSR count). The van der Waals surface area contributed by atoms with E-state index < -0.39 is 0 Å². The number of hydrogen-bond acceptors (Lipinski definition) is 3. The molecule has 0 unspecified atom stereocenters. The molecule has 0 bridgehead atoms. The first kappa shape index (κ1) is 17.5. The summed E-state index contributed by atoms with van der Waals surface area (Å²) in [5.74, 6) is 0.359. The number of carbonyl (C=O) groups is 1. The summed E-state index contributed by atoms with van der Waals surface area (Å²) in [7, 11) is 0. The summed E-state index contributed by atoms with van der Waals surface area (Å²) in [4.78, 5) is 12.1. The van der Waals surface area contributed by atoms with Crippen LogP contribution >= 0.6 is 0 Å². The lowest BCUT2D eigenvalue weighted by Crippen LogP contribution is -2.24. The molecule has 3 aromatic carbocycles. The predicted molar refractivity (Wildman–Crippen MR) is 111 cm³/mol. The first-order chi connectivity index (χ1) is 13.8. The van der Waals surface area contributed by atoms with Gasteiger partial charge in [-0.3, -0.25) is 4.79 Å². The van der Waals surface area contributed by atoms with Crippen molar-refractivity contribution in [2.75, 3.05) is 6.61 Å². The van der Waals surface area contributed by atoms with Gasteiger partial charge in [0.1, 0.15) is 5.75 Å². The van der Waals surface area contributed by atoms with Gasteiger partial charge in [0.05, 0.1) is 11.9 Å². The molecule has 0 atom stereocenters. The monoisotopic (exact) mass is 369 g/mol. The van der Waals surface area contributed by atoms with E-state index in [9.17, 15) is 4.79 Å². The van der Waals surface area contributed by atoms with Crippen LogP contribution in [-0.4, -0.2) is 23.3 Å². The topological polar surface area (TPSA) is 55.6 Å². The Kier molecular flexibility index (Phi) is 5.15. The van der Waals surface area contributed by atoms with Crippen molar-refractivity contribution in [2.24, 2.45) is 5.10 Å². The molecule has 28 heavy (non-hydrogen) atoms. The number of fused-ring (bicyclic) bond motifs is 1. The first-order valence-electron chi connectivity index (χ1n) is 8.96. The van der Waals surface area contributed by atoms with E-state index >= 15 is 0 Å². The van der Waals surface area contributed by atoms with Crippen molar-refractivity contribution < 1.29 is 9.53 Å².